The van der Waals surface area contributed by atoms with Gasteiger partial charge in [0, 0.05) is 0 Å². The van der Waals surface area contributed by atoms with Crippen LogP contribution in [0.15, 0.2) is 18.2 Å². The molecule has 0 aromatic heterocycles. The van der Waals surface area contributed by atoms with Crippen molar-refractivity contribution in [2.75, 3.05) is 13.2 Å². The predicted octanol–water partition coefficient (Wildman–Crippen LogP) is 1.97. The smallest absolute Gasteiger partial charge is 0.336 e. The molecule has 1 aromatic rings. The van der Waals surface area contributed by atoms with Crippen LogP contribution >= 0.6 is 0 Å². The van der Waals surface area contributed by atoms with Gasteiger partial charge in [0.15, 0.2) is 0 Å². The number of esters is 1. The van der Waals surface area contributed by atoms with Gasteiger partial charge in [0.25, 0.3) is 0 Å². The van der Waals surface area contributed by atoms with Crippen molar-refractivity contribution < 1.29 is 34.4 Å². The number of carbonyl (C=O) groups is 3. The summed E-state index contributed by atoms with van der Waals surface area (Å²) in [5.74, 6) is -2.94. The van der Waals surface area contributed by atoms with Crippen molar-refractivity contribution in [3.05, 3.63) is 34.9 Å². The topological polar surface area (TPSA) is 121 Å². The molecule has 0 saturated heterocycles. The van der Waals surface area contributed by atoms with Gasteiger partial charge in [0.05, 0.1) is 17.7 Å². The van der Waals surface area contributed by atoms with Crippen molar-refractivity contribution in [2.45, 2.75) is 33.1 Å². The fourth-order valence-electron chi connectivity index (χ4n) is 1.70. The van der Waals surface area contributed by atoms with Crippen LogP contribution in [0.2, 0.25) is 0 Å². The van der Waals surface area contributed by atoms with E-state index in [1.807, 2.05) is 6.92 Å². The summed E-state index contributed by atoms with van der Waals surface area (Å²) >= 11 is 0. The molecule has 0 aliphatic heterocycles. The summed E-state index contributed by atoms with van der Waals surface area (Å²) in [6.45, 7) is 3.71. The summed E-state index contributed by atoms with van der Waals surface area (Å²) in [6.07, 6.45) is 2.37. The number of carbonyl (C=O) groups excluding carboxylic acids is 1. The van der Waals surface area contributed by atoms with E-state index < -0.39 is 24.5 Å². The SMILES string of the molecule is CCCCOC(=O)CO.CCc1cccc(C(=O)O)c1C(=O)O. The zero-order valence-corrected chi connectivity index (χ0v) is 13.2. The molecule has 0 aliphatic carbocycles. The predicted molar refractivity (Wildman–Crippen MR) is 82.7 cm³/mol. The van der Waals surface area contributed by atoms with Crippen molar-refractivity contribution in [3.63, 3.8) is 0 Å². The monoisotopic (exact) mass is 326 g/mol. The van der Waals surface area contributed by atoms with Crippen molar-refractivity contribution in [1.82, 2.24) is 0 Å². The van der Waals surface area contributed by atoms with Gasteiger partial charge >= 0.3 is 17.9 Å². The molecule has 0 radical (unpaired) electrons. The average Bonchev–Trinajstić information content (AvgIpc) is 2.54. The number of carboxylic acid groups (broad SMARTS) is 2. The first-order chi connectivity index (χ1) is 10.9. The number of hydrogen-bond donors (Lipinski definition) is 3. The molecule has 128 valence electrons. The fourth-order valence-corrected chi connectivity index (χ4v) is 1.70. The summed E-state index contributed by atoms with van der Waals surface area (Å²) in [5.41, 5.74) is 0.275. The second-order valence-corrected chi connectivity index (χ2v) is 4.54. The van der Waals surface area contributed by atoms with Gasteiger partial charge in [-0.25, -0.2) is 14.4 Å². The van der Waals surface area contributed by atoms with Crippen LogP contribution in [-0.4, -0.2) is 46.4 Å². The van der Waals surface area contributed by atoms with Crippen LogP contribution in [0, 0.1) is 0 Å². The Morgan fingerprint density at radius 1 is 1.09 bits per heavy atom. The van der Waals surface area contributed by atoms with Gasteiger partial charge in [-0.05, 0) is 24.5 Å². The third-order valence-electron chi connectivity index (χ3n) is 2.87. The van der Waals surface area contributed by atoms with Crippen molar-refractivity contribution >= 4 is 17.9 Å². The first kappa shape index (κ1) is 20.6. The van der Waals surface area contributed by atoms with E-state index in [9.17, 15) is 14.4 Å². The summed E-state index contributed by atoms with van der Waals surface area (Å²) in [5, 5.41) is 25.8. The maximum Gasteiger partial charge on any atom is 0.336 e. The lowest BCUT2D eigenvalue weighted by atomic mass is 9.99. The largest absolute Gasteiger partial charge is 0.478 e. The van der Waals surface area contributed by atoms with E-state index >= 15 is 0 Å². The standard InChI is InChI=1S/C10H10O4.C6H12O3/c1-2-6-4-3-5-7(9(11)12)8(6)10(13)14;1-2-3-4-9-6(8)5-7/h3-5H,2H2,1H3,(H,11,12)(H,13,14);7H,2-5H2,1H3. The number of hydrogen-bond acceptors (Lipinski definition) is 5. The van der Waals surface area contributed by atoms with Crippen LogP contribution in [0.4, 0.5) is 0 Å². The van der Waals surface area contributed by atoms with E-state index in [1.165, 1.54) is 6.07 Å². The maximum atomic E-state index is 10.8. The van der Waals surface area contributed by atoms with E-state index in [0.29, 0.717) is 18.6 Å². The molecule has 0 unspecified atom stereocenters. The Labute approximate surface area is 134 Å². The second kappa shape index (κ2) is 11.2. The molecule has 0 amide bonds. The van der Waals surface area contributed by atoms with E-state index in [1.54, 1.807) is 19.1 Å². The van der Waals surface area contributed by atoms with Gasteiger partial charge in [-0.3, -0.25) is 0 Å². The Kier molecular flexibility index (Phi) is 10.0. The summed E-state index contributed by atoms with van der Waals surface area (Å²) in [4.78, 5) is 31.8. The third-order valence-corrected chi connectivity index (χ3v) is 2.87. The summed E-state index contributed by atoms with van der Waals surface area (Å²) in [7, 11) is 0. The number of aliphatic hydroxyl groups excluding tert-OH is 1. The van der Waals surface area contributed by atoms with E-state index in [2.05, 4.69) is 4.74 Å². The first-order valence-corrected chi connectivity index (χ1v) is 7.23. The molecule has 0 spiro atoms. The molecule has 7 nitrogen and oxygen atoms in total. The molecule has 0 saturated carbocycles. The van der Waals surface area contributed by atoms with Gasteiger partial charge in [-0.2, -0.15) is 0 Å². The van der Waals surface area contributed by atoms with E-state index in [0.717, 1.165) is 12.8 Å². The van der Waals surface area contributed by atoms with Gasteiger partial charge in [0.2, 0.25) is 0 Å². The minimum Gasteiger partial charge on any atom is -0.478 e. The molecule has 1 aromatic carbocycles. The highest BCUT2D eigenvalue weighted by Crippen LogP contribution is 2.15. The number of carboxylic acids is 2. The number of benzene rings is 1. The highest BCUT2D eigenvalue weighted by molar-refractivity contribution is 6.02. The number of ether oxygens (including phenoxy) is 1. The molecular formula is C16H22O7. The third kappa shape index (κ3) is 7.42. The zero-order valence-electron chi connectivity index (χ0n) is 13.2. The van der Waals surface area contributed by atoms with Crippen LogP contribution in [0.3, 0.4) is 0 Å². The lowest BCUT2D eigenvalue weighted by Crippen LogP contribution is -2.10. The Morgan fingerprint density at radius 3 is 2.17 bits per heavy atom. The molecule has 0 bridgehead atoms. The van der Waals surface area contributed by atoms with E-state index in [4.69, 9.17) is 15.3 Å². The molecule has 23 heavy (non-hydrogen) atoms. The first-order valence-electron chi connectivity index (χ1n) is 7.23. The minimum absolute atomic E-state index is 0.109. The van der Waals surface area contributed by atoms with Gasteiger partial charge < -0.3 is 20.1 Å². The lowest BCUT2D eigenvalue weighted by molar-refractivity contribution is -0.146. The van der Waals surface area contributed by atoms with Gasteiger partial charge in [0.1, 0.15) is 6.61 Å². The molecule has 0 aliphatic rings. The molecular weight excluding hydrogens is 304 g/mol. The van der Waals surface area contributed by atoms with Crippen molar-refractivity contribution in [3.8, 4) is 0 Å². The maximum absolute atomic E-state index is 10.8. The molecule has 7 heteroatoms. The number of aryl methyl sites for hydroxylation is 1. The zero-order chi connectivity index (χ0) is 17.8. The summed E-state index contributed by atoms with van der Waals surface area (Å²) in [6, 6.07) is 4.47. The number of rotatable bonds is 7. The Bertz CT molecular complexity index is 537. The molecule has 0 atom stereocenters. The Morgan fingerprint density at radius 2 is 1.74 bits per heavy atom. The fraction of sp³-hybridized carbons (Fsp3) is 0.438. The van der Waals surface area contributed by atoms with Gasteiger partial charge in [-0.15, -0.1) is 0 Å². The van der Waals surface area contributed by atoms with Crippen LogP contribution in [0.25, 0.3) is 0 Å². The lowest BCUT2D eigenvalue weighted by Gasteiger charge is -2.06. The van der Waals surface area contributed by atoms with E-state index in [-0.39, 0.29) is 11.1 Å². The molecule has 0 fully saturated rings. The van der Waals surface area contributed by atoms with Crippen LogP contribution in [-0.2, 0) is 16.0 Å². The molecule has 0 heterocycles. The summed E-state index contributed by atoms with van der Waals surface area (Å²) < 4.78 is 4.54. The molecule has 1 rings (SSSR count). The second-order valence-electron chi connectivity index (χ2n) is 4.54. The van der Waals surface area contributed by atoms with Crippen LogP contribution in [0.5, 0.6) is 0 Å². The molecule has 3 N–H and O–H groups in total. The van der Waals surface area contributed by atoms with Crippen molar-refractivity contribution in [2.24, 2.45) is 0 Å². The minimum atomic E-state index is -1.21. The average molecular weight is 326 g/mol. The quantitative estimate of drug-likeness (QED) is 0.517. The van der Waals surface area contributed by atoms with Crippen LogP contribution < -0.4 is 0 Å². The number of unbranched alkanes of at least 4 members (excludes halogenated alkanes) is 1. The van der Waals surface area contributed by atoms with Crippen LogP contribution in [0.1, 0.15) is 53.0 Å². The number of aliphatic hydroxyl groups is 1. The van der Waals surface area contributed by atoms with Crippen molar-refractivity contribution in [1.29, 1.82) is 0 Å². The highest BCUT2D eigenvalue weighted by atomic mass is 16.5. The number of aromatic carboxylic acids is 2. The Hall–Kier alpha value is -2.41. The van der Waals surface area contributed by atoms with Gasteiger partial charge in [-0.1, -0.05) is 32.4 Å². The Balaban J connectivity index is 0.000000468. The highest BCUT2D eigenvalue weighted by Gasteiger charge is 2.18. The normalized spacial score (nSPS) is 9.52.